The largest absolute Gasteiger partial charge is 0.469 e. The number of hydrogen-bond acceptors (Lipinski definition) is 5. The number of nitrogens with zero attached hydrogens (tertiary/aromatic N) is 1. The van der Waals surface area contributed by atoms with E-state index in [2.05, 4.69) is 5.32 Å². The molecular weight excluding hydrogens is 408 g/mol. The number of esters is 1. The van der Waals surface area contributed by atoms with E-state index in [1.807, 2.05) is 79.7 Å². The van der Waals surface area contributed by atoms with E-state index in [9.17, 15) is 14.4 Å². The Kier molecular flexibility index (Phi) is 8.02. The fraction of sp³-hybridized carbons (Fsp3) is 0.320. The third-order valence-corrected chi connectivity index (χ3v) is 5.45. The van der Waals surface area contributed by atoms with Gasteiger partial charge < -0.3 is 19.7 Å². The summed E-state index contributed by atoms with van der Waals surface area (Å²) >= 11 is 0. The van der Waals surface area contributed by atoms with Gasteiger partial charge in [0.05, 0.1) is 19.6 Å². The number of carbonyl (C=O) groups excluding carboxylic acids is 3. The third-order valence-electron chi connectivity index (χ3n) is 5.45. The zero-order valence-electron chi connectivity index (χ0n) is 18.3. The van der Waals surface area contributed by atoms with Crippen molar-refractivity contribution in [2.24, 2.45) is 0 Å². The summed E-state index contributed by atoms with van der Waals surface area (Å²) in [5.41, 5.74) is 1.83. The molecule has 2 aromatic carbocycles. The van der Waals surface area contributed by atoms with Gasteiger partial charge in [-0.25, -0.2) is 4.79 Å². The quantitative estimate of drug-likeness (QED) is 0.480. The molecule has 7 heteroatoms. The number of rotatable bonds is 9. The van der Waals surface area contributed by atoms with Crippen molar-refractivity contribution in [3.05, 3.63) is 77.9 Å². The van der Waals surface area contributed by atoms with E-state index in [4.69, 9.17) is 9.47 Å². The van der Waals surface area contributed by atoms with Crippen LogP contribution in [0.1, 0.15) is 30.9 Å². The summed E-state index contributed by atoms with van der Waals surface area (Å²) in [5, 5.41) is 2.68. The van der Waals surface area contributed by atoms with Crippen molar-refractivity contribution in [3.8, 4) is 0 Å². The smallest absolute Gasteiger partial charge is 0.408 e. The summed E-state index contributed by atoms with van der Waals surface area (Å²) in [6, 6.07) is 17.5. The highest BCUT2D eigenvalue weighted by Crippen LogP contribution is 2.28. The van der Waals surface area contributed by atoms with Gasteiger partial charge in [0.15, 0.2) is 0 Å². The maximum absolute atomic E-state index is 12.9. The second-order valence-electron chi connectivity index (χ2n) is 7.53. The molecule has 7 nitrogen and oxygen atoms in total. The van der Waals surface area contributed by atoms with Gasteiger partial charge in [-0.3, -0.25) is 9.59 Å². The Morgan fingerprint density at radius 2 is 1.75 bits per heavy atom. The van der Waals surface area contributed by atoms with Gasteiger partial charge >= 0.3 is 12.1 Å². The van der Waals surface area contributed by atoms with Crippen LogP contribution in [0.5, 0.6) is 0 Å². The van der Waals surface area contributed by atoms with E-state index < -0.39 is 18.2 Å². The Balaban J connectivity index is 1.71. The summed E-state index contributed by atoms with van der Waals surface area (Å²) in [7, 11) is 1.33. The van der Waals surface area contributed by atoms with Crippen LogP contribution < -0.4 is 5.32 Å². The molecule has 0 aromatic heterocycles. The minimum Gasteiger partial charge on any atom is -0.469 e. The van der Waals surface area contributed by atoms with Gasteiger partial charge in [0.2, 0.25) is 5.91 Å². The van der Waals surface area contributed by atoms with Crippen LogP contribution in [0.15, 0.2) is 66.7 Å². The van der Waals surface area contributed by atoms with E-state index in [-0.39, 0.29) is 30.9 Å². The number of hydrogen-bond donors (Lipinski definition) is 1. The van der Waals surface area contributed by atoms with Gasteiger partial charge in [-0.05, 0) is 17.5 Å². The van der Waals surface area contributed by atoms with Gasteiger partial charge in [-0.15, -0.1) is 0 Å². The predicted octanol–water partition coefficient (Wildman–Crippen LogP) is 3.55. The number of benzene rings is 2. The fourth-order valence-corrected chi connectivity index (χ4v) is 3.69. The first-order valence-electron chi connectivity index (χ1n) is 10.6. The van der Waals surface area contributed by atoms with Crippen molar-refractivity contribution in [1.29, 1.82) is 0 Å². The lowest BCUT2D eigenvalue weighted by Gasteiger charge is -2.49. The highest BCUT2D eigenvalue weighted by Gasteiger charge is 2.50. The van der Waals surface area contributed by atoms with Gasteiger partial charge in [-0.1, -0.05) is 79.7 Å². The van der Waals surface area contributed by atoms with E-state index in [0.717, 1.165) is 11.1 Å². The molecule has 1 fully saturated rings. The van der Waals surface area contributed by atoms with Gasteiger partial charge in [0, 0.05) is 6.04 Å². The summed E-state index contributed by atoms with van der Waals surface area (Å²) in [6.07, 6.45) is 3.80. The average molecular weight is 437 g/mol. The zero-order chi connectivity index (χ0) is 22.9. The molecule has 3 atom stereocenters. The van der Waals surface area contributed by atoms with Crippen LogP contribution in [-0.4, -0.2) is 48.1 Å². The van der Waals surface area contributed by atoms with Crippen LogP contribution in [0.2, 0.25) is 0 Å². The lowest BCUT2D eigenvalue weighted by atomic mass is 9.89. The number of alkyl carbamates (subject to hydrolysis) is 1. The highest BCUT2D eigenvalue weighted by atomic mass is 16.5. The number of β-lactam (4-membered cyclic amide) rings is 1. The monoisotopic (exact) mass is 436 g/mol. The first-order chi connectivity index (χ1) is 15.5. The van der Waals surface area contributed by atoms with Crippen molar-refractivity contribution in [1.82, 2.24) is 10.2 Å². The molecule has 0 radical (unpaired) electrons. The van der Waals surface area contributed by atoms with Crippen LogP contribution in [0, 0.1) is 0 Å². The molecule has 0 saturated carbocycles. The van der Waals surface area contributed by atoms with E-state index in [0.29, 0.717) is 6.42 Å². The van der Waals surface area contributed by atoms with E-state index in [1.54, 1.807) is 4.90 Å². The highest BCUT2D eigenvalue weighted by molar-refractivity contribution is 5.94. The summed E-state index contributed by atoms with van der Waals surface area (Å²) < 4.78 is 10.1. The Morgan fingerprint density at radius 3 is 2.38 bits per heavy atom. The SMILES string of the molecule is CC[C@@H](CC(=O)OC)N1C(=O)[C@H](NC(=O)OCc2ccccc2)[C@@H]1C=Cc1ccccc1. The van der Waals surface area contributed by atoms with Crippen molar-refractivity contribution in [2.45, 2.75) is 44.5 Å². The lowest BCUT2D eigenvalue weighted by Crippen LogP contribution is -2.72. The molecular formula is C25H28N2O5. The molecule has 3 rings (SSSR count). The predicted molar refractivity (Wildman–Crippen MR) is 120 cm³/mol. The van der Waals surface area contributed by atoms with Crippen molar-refractivity contribution in [2.75, 3.05) is 7.11 Å². The molecule has 2 amide bonds. The number of amides is 2. The number of carbonyl (C=O) groups is 3. The van der Waals surface area contributed by atoms with Crippen molar-refractivity contribution < 1.29 is 23.9 Å². The summed E-state index contributed by atoms with van der Waals surface area (Å²) in [4.78, 5) is 38.8. The maximum atomic E-state index is 12.9. The van der Waals surface area contributed by atoms with E-state index in [1.165, 1.54) is 7.11 Å². The number of ether oxygens (including phenoxy) is 2. The molecule has 1 N–H and O–H groups in total. The van der Waals surface area contributed by atoms with Crippen LogP contribution in [0.3, 0.4) is 0 Å². The molecule has 0 unspecified atom stereocenters. The van der Waals surface area contributed by atoms with Crippen LogP contribution in [0.4, 0.5) is 4.79 Å². The molecule has 0 bridgehead atoms. The van der Waals surface area contributed by atoms with E-state index >= 15 is 0 Å². The van der Waals surface area contributed by atoms with Crippen molar-refractivity contribution >= 4 is 24.0 Å². The Hall–Kier alpha value is -3.61. The normalized spacial score (nSPS) is 18.7. The second-order valence-corrected chi connectivity index (χ2v) is 7.53. The average Bonchev–Trinajstić information content (AvgIpc) is 2.83. The Labute approximate surface area is 188 Å². The summed E-state index contributed by atoms with van der Waals surface area (Å²) in [5.74, 6) is -0.630. The Morgan fingerprint density at radius 1 is 1.09 bits per heavy atom. The number of likely N-dealkylation sites (tertiary alicyclic amines) is 1. The molecule has 32 heavy (non-hydrogen) atoms. The molecule has 1 aliphatic rings. The molecule has 1 aliphatic heterocycles. The molecule has 168 valence electrons. The zero-order valence-corrected chi connectivity index (χ0v) is 18.3. The van der Waals surface area contributed by atoms with Gasteiger partial charge in [0.25, 0.3) is 0 Å². The number of methoxy groups -OCH3 is 1. The maximum Gasteiger partial charge on any atom is 0.408 e. The minimum atomic E-state index is -0.759. The molecule has 1 heterocycles. The molecule has 0 aliphatic carbocycles. The van der Waals surface area contributed by atoms with Gasteiger partial charge in [0.1, 0.15) is 12.6 Å². The summed E-state index contributed by atoms with van der Waals surface area (Å²) in [6.45, 7) is 2.02. The second kappa shape index (κ2) is 11.1. The van der Waals surface area contributed by atoms with Crippen LogP contribution in [-0.2, 0) is 25.7 Å². The van der Waals surface area contributed by atoms with Crippen LogP contribution >= 0.6 is 0 Å². The third kappa shape index (κ3) is 5.75. The number of nitrogens with one attached hydrogen (secondary N) is 1. The standard InChI is InChI=1S/C25H28N2O5/c1-3-20(16-22(28)31-2)27-21(15-14-18-10-6-4-7-11-18)23(24(27)29)26-25(30)32-17-19-12-8-5-9-13-19/h4-15,20-21,23H,3,16-17H2,1-2H3,(H,26,30)/t20-,21-,23+/m0/s1. The minimum absolute atomic E-state index is 0.0968. The van der Waals surface area contributed by atoms with Crippen LogP contribution in [0.25, 0.3) is 6.08 Å². The first-order valence-corrected chi connectivity index (χ1v) is 10.6. The van der Waals surface area contributed by atoms with Crippen molar-refractivity contribution in [3.63, 3.8) is 0 Å². The first kappa shape index (κ1) is 23.1. The fourth-order valence-electron chi connectivity index (χ4n) is 3.69. The molecule has 2 aromatic rings. The molecule has 1 saturated heterocycles. The van der Waals surface area contributed by atoms with Gasteiger partial charge in [-0.2, -0.15) is 0 Å². The Bertz CT molecular complexity index is 945. The molecule has 0 spiro atoms. The topological polar surface area (TPSA) is 84.9 Å². The lowest BCUT2D eigenvalue weighted by molar-refractivity contribution is -0.155.